The van der Waals surface area contributed by atoms with Crippen molar-refractivity contribution < 1.29 is 15.7 Å². The Morgan fingerprint density at radius 2 is 1.75 bits per heavy atom. The molecule has 0 bridgehead atoms. The van der Waals surface area contributed by atoms with E-state index in [1.165, 1.54) is 0 Å². The molecular formula is C21H36O3. The number of cyclic esters (lactones) is 1. The van der Waals surface area contributed by atoms with Crippen molar-refractivity contribution in [3.63, 3.8) is 0 Å². The normalized spacial score (nSPS) is 38.9. The van der Waals surface area contributed by atoms with Crippen molar-refractivity contribution in [2.24, 2.45) is 29.1 Å². The highest BCUT2D eigenvalue weighted by Gasteiger charge is 2.39. The summed E-state index contributed by atoms with van der Waals surface area (Å²) in [4.78, 5) is 25.2. The molecule has 0 amide bonds. The SMILES string of the molecule is [2H][C@@H]1C/C=C\CCC[C@@H](C)[C@H](C)[C@@H](C)C(=O)C(C)(C)[C@@H](C)CC(=O)O1. The minimum absolute atomic E-state index is 0.0316. The Balaban J connectivity index is 2.98. The van der Waals surface area contributed by atoms with Gasteiger partial charge in [0, 0.05) is 17.8 Å². The van der Waals surface area contributed by atoms with Gasteiger partial charge < -0.3 is 4.74 Å². The van der Waals surface area contributed by atoms with E-state index in [1.807, 2.05) is 33.8 Å². The van der Waals surface area contributed by atoms with Crippen LogP contribution in [0.5, 0.6) is 0 Å². The number of ether oxygens (including phenoxy) is 1. The molecule has 5 atom stereocenters. The molecule has 3 nitrogen and oxygen atoms in total. The lowest BCUT2D eigenvalue weighted by Crippen LogP contribution is -2.39. The van der Waals surface area contributed by atoms with Crippen LogP contribution in [-0.4, -0.2) is 18.3 Å². The van der Waals surface area contributed by atoms with Crippen LogP contribution in [0.3, 0.4) is 0 Å². The first kappa shape index (κ1) is 19.2. The van der Waals surface area contributed by atoms with Crippen molar-refractivity contribution >= 4 is 11.8 Å². The number of esters is 1. The molecule has 0 saturated carbocycles. The van der Waals surface area contributed by atoms with Gasteiger partial charge in [-0.2, -0.15) is 0 Å². The third kappa shape index (κ3) is 5.75. The first-order valence-corrected chi connectivity index (χ1v) is 9.38. The van der Waals surface area contributed by atoms with Gasteiger partial charge in [0.2, 0.25) is 0 Å². The maximum absolute atomic E-state index is 13.1. The van der Waals surface area contributed by atoms with Gasteiger partial charge in [-0.15, -0.1) is 0 Å². The first-order valence-electron chi connectivity index (χ1n) is 9.96. The van der Waals surface area contributed by atoms with E-state index >= 15 is 0 Å². The minimum atomic E-state index is -0.861. The van der Waals surface area contributed by atoms with E-state index in [-0.39, 0.29) is 30.0 Å². The third-order valence-electron chi connectivity index (χ3n) is 6.08. The molecule has 0 aromatic carbocycles. The van der Waals surface area contributed by atoms with Crippen LogP contribution in [0.2, 0.25) is 0 Å². The van der Waals surface area contributed by atoms with Crippen LogP contribution in [0.15, 0.2) is 12.2 Å². The second kappa shape index (κ2) is 9.39. The molecule has 0 aromatic rings. The molecule has 24 heavy (non-hydrogen) atoms. The van der Waals surface area contributed by atoms with E-state index < -0.39 is 12.0 Å². The number of ketones is 1. The van der Waals surface area contributed by atoms with E-state index in [0.29, 0.717) is 18.3 Å². The zero-order valence-corrected chi connectivity index (χ0v) is 16.3. The zero-order valence-electron chi connectivity index (χ0n) is 17.3. The van der Waals surface area contributed by atoms with Gasteiger partial charge in [0.1, 0.15) is 5.78 Å². The van der Waals surface area contributed by atoms with Gasteiger partial charge in [0.15, 0.2) is 0 Å². The zero-order chi connectivity index (χ0) is 19.2. The Bertz CT molecular complexity index is 484. The number of carbonyl (C=O) groups excluding carboxylic acids is 2. The fourth-order valence-electron chi connectivity index (χ4n) is 3.35. The summed E-state index contributed by atoms with van der Waals surface area (Å²) in [5.74, 6) is 0.495. The molecule has 1 aliphatic heterocycles. The molecule has 0 radical (unpaired) electrons. The maximum Gasteiger partial charge on any atom is 0.306 e. The fourth-order valence-corrected chi connectivity index (χ4v) is 3.35. The highest BCUT2D eigenvalue weighted by atomic mass is 16.5. The van der Waals surface area contributed by atoms with Crippen LogP contribution >= 0.6 is 0 Å². The highest BCUT2D eigenvalue weighted by Crippen LogP contribution is 2.37. The Morgan fingerprint density at radius 1 is 1.12 bits per heavy atom. The standard InChI is InChI=1S/C21H36O3/c1-15-12-10-8-7-9-11-13-24-19(22)14-16(2)21(5,6)20(23)18(4)17(15)3/h7,9,15-18H,8,10-14H2,1-6H3/b9-7-/t15-,16+,17+,18-/m1/s1/i13D/t13-,15-,16+,17+,18-. The lowest BCUT2D eigenvalue weighted by molar-refractivity contribution is -0.147. The summed E-state index contributed by atoms with van der Waals surface area (Å²) in [6.07, 6.45) is 7.73. The largest absolute Gasteiger partial charge is 0.465 e. The molecule has 0 unspecified atom stereocenters. The number of rotatable bonds is 0. The molecule has 0 spiro atoms. The van der Waals surface area contributed by atoms with E-state index in [2.05, 4.69) is 19.9 Å². The van der Waals surface area contributed by atoms with E-state index in [4.69, 9.17) is 6.11 Å². The van der Waals surface area contributed by atoms with Crippen LogP contribution < -0.4 is 0 Å². The highest BCUT2D eigenvalue weighted by molar-refractivity contribution is 5.87. The molecule has 0 saturated heterocycles. The Kier molecular flexibility index (Phi) is 7.51. The van der Waals surface area contributed by atoms with E-state index in [1.54, 1.807) is 0 Å². The predicted molar refractivity (Wildman–Crippen MR) is 98.6 cm³/mol. The molecule has 138 valence electrons. The molecular weight excluding hydrogens is 300 g/mol. The number of carbonyl (C=O) groups is 2. The second-order valence-electron chi connectivity index (χ2n) is 8.11. The van der Waals surface area contributed by atoms with E-state index in [9.17, 15) is 9.59 Å². The first-order chi connectivity index (χ1) is 11.6. The summed E-state index contributed by atoms with van der Waals surface area (Å²) in [7, 11) is 0. The summed E-state index contributed by atoms with van der Waals surface area (Å²) in [6.45, 7) is 11.4. The molecule has 0 N–H and O–H groups in total. The number of allylic oxidation sites excluding steroid dienone is 1. The molecule has 0 aliphatic carbocycles. The average Bonchev–Trinajstić information content (AvgIpc) is 2.54. The second-order valence-corrected chi connectivity index (χ2v) is 8.11. The van der Waals surface area contributed by atoms with Crippen molar-refractivity contribution in [2.75, 3.05) is 6.58 Å². The van der Waals surface area contributed by atoms with Crippen molar-refractivity contribution in [3.05, 3.63) is 12.2 Å². The molecule has 0 fully saturated rings. The summed E-state index contributed by atoms with van der Waals surface area (Å²) in [6, 6.07) is 0. The van der Waals surface area contributed by atoms with E-state index in [0.717, 1.165) is 19.3 Å². The molecule has 1 aliphatic rings. The van der Waals surface area contributed by atoms with Crippen LogP contribution in [-0.2, 0) is 14.3 Å². The Labute approximate surface area is 149 Å². The summed E-state index contributed by atoms with van der Waals surface area (Å²) >= 11 is 0. The summed E-state index contributed by atoms with van der Waals surface area (Å²) in [5, 5.41) is 0. The predicted octanol–water partition coefficient (Wildman–Crippen LogP) is 5.19. The minimum Gasteiger partial charge on any atom is -0.465 e. The monoisotopic (exact) mass is 337 g/mol. The van der Waals surface area contributed by atoms with Gasteiger partial charge in [0.25, 0.3) is 0 Å². The molecule has 0 aromatic heterocycles. The van der Waals surface area contributed by atoms with Gasteiger partial charge in [-0.05, 0) is 37.0 Å². The van der Waals surface area contributed by atoms with Crippen molar-refractivity contribution in [2.45, 2.75) is 73.6 Å². The Hall–Kier alpha value is -1.12. The number of hydrogen-bond donors (Lipinski definition) is 0. The fraction of sp³-hybridized carbons (Fsp3) is 0.810. The lowest BCUT2D eigenvalue weighted by atomic mass is 9.67. The van der Waals surface area contributed by atoms with Crippen LogP contribution in [0.1, 0.15) is 75.0 Å². The average molecular weight is 338 g/mol. The number of Topliss-reactive ketones (excluding diaryl/α,β-unsaturated/α-hetero) is 1. The molecule has 1 heterocycles. The van der Waals surface area contributed by atoms with Gasteiger partial charge >= 0.3 is 5.97 Å². The lowest BCUT2D eigenvalue weighted by Gasteiger charge is -2.35. The molecule has 3 heteroatoms. The Morgan fingerprint density at radius 3 is 2.42 bits per heavy atom. The maximum atomic E-state index is 13.1. The topological polar surface area (TPSA) is 43.4 Å². The summed E-state index contributed by atoms with van der Waals surface area (Å²) in [5.41, 5.74) is -0.582. The van der Waals surface area contributed by atoms with Gasteiger partial charge in [-0.1, -0.05) is 60.1 Å². The van der Waals surface area contributed by atoms with Crippen LogP contribution in [0.4, 0.5) is 0 Å². The quantitative estimate of drug-likeness (QED) is 0.451. The molecule has 1 rings (SSSR count). The van der Waals surface area contributed by atoms with Gasteiger partial charge in [-0.3, -0.25) is 9.59 Å². The van der Waals surface area contributed by atoms with Crippen LogP contribution in [0.25, 0.3) is 0 Å². The van der Waals surface area contributed by atoms with Crippen LogP contribution in [0, 0.1) is 29.1 Å². The number of hydrogen-bond acceptors (Lipinski definition) is 3. The van der Waals surface area contributed by atoms with Gasteiger partial charge in [-0.25, -0.2) is 0 Å². The summed E-state index contributed by atoms with van der Waals surface area (Å²) < 4.78 is 13.0. The van der Waals surface area contributed by atoms with Gasteiger partial charge in [0.05, 0.1) is 7.95 Å². The van der Waals surface area contributed by atoms with Crippen molar-refractivity contribution in [3.8, 4) is 0 Å². The van der Waals surface area contributed by atoms with Crippen molar-refractivity contribution in [1.29, 1.82) is 0 Å². The third-order valence-corrected chi connectivity index (χ3v) is 6.08. The smallest absolute Gasteiger partial charge is 0.306 e. The van der Waals surface area contributed by atoms with Crippen molar-refractivity contribution in [1.82, 2.24) is 0 Å².